The zero-order valence-electron chi connectivity index (χ0n) is 9.52. The summed E-state index contributed by atoms with van der Waals surface area (Å²) in [4.78, 5) is 27.8. The van der Waals surface area contributed by atoms with Crippen molar-refractivity contribution in [2.75, 3.05) is 0 Å². The van der Waals surface area contributed by atoms with Crippen LogP contribution < -0.4 is 15.3 Å². The number of carboxylic acids is 3. The second kappa shape index (κ2) is 19.4. The number of carboxylic acid groups (broad SMARTS) is 3. The Bertz CT molecular complexity index is 159. The zero-order valence-corrected chi connectivity index (χ0v) is 10.4. The number of aliphatic carboxylic acids is 3. The van der Waals surface area contributed by atoms with E-state index >= 15 is 0 Å². The topological polar surface area (TPSA) is 120 Å². The van der Waals surface area contributed by atoms with Gasteiger partial charge in [-0.1, -0.05) is 20.8 Å². The van der Waals surface area contributed by atoms with Crippen molar-refractivity contribution in [3.63, 3.8) is 0 Å². The molecule has 0 aliphatic carbocycles. The summed E-state index contributed by atoms with van der Waals surface area (Å²) >= 11 is 0. The predicted octanol–water partition coefficient (Wildman–Crippen LogP) is -1.70. The molecule has 0 spiro atoms. The Morgan fingerprint density at radius 2 is 0.750 bits per heavy atom. The van der Waals surface area contributed by atoms with Gasteiger partial charge in [-0.15, -0.1) is 0 Å². The maximum absolute atomic E-state index is 9.26. The minimum absolute atomic E-state index is 0. The fourth-order valence-electron chi connectivity index (χ4n) is 0. The second-order valence-electron chi connectivity index (χ2n) is 2.18. The van der Waals surface area contributed by atoms with Crippen LogP contribution in [0.1, 0.15) is 40.0 Å². The monoisotopic (exact) mass is 250 g/mol. The summed E-state index contributed by atoms with van der Waals surface area (Å²) in [5.41, 5.74) is 0. The minimum Gasteiger partial charge on any atom is -0.550 e. The molecule has 16 heavy (non-hydrogen) atoms. The van der Waals surface area contributed by atoms with Crippen molar-refractivity contribution < 1.29 is 29.7 Å². The van der Waals surface area contributed by atoms with E-state index in [1.54, 1.807) is 0 Å². The molecule has 0 bridgehead atoms. The average molecular weight is 250 g/mol. The van der Waals surface area contributed by atoms with Crippen LogP contribution in [0.4, 0.5) is 0 Å². The van der Waals surface area contributed by atoms with E-state index in [1.807, 2.05) is 0 Å². The third kappa shape index (κ3) is 76.8. The van der Waals surface area contributed by atoms with Gasteiger partial charge < -0.3 is 29.7 Å². The van der Waals surface area contributed by atoms with Crippen LogP contribution in [0.15, 0.2) is 0 Å². The molecule has 0 aromatic rings. The molecular weight excluding hydrogens is 235 g/mol. The Labute approximate surface area is 98.3 Å². The van der Waals surface area contributed by atoms with Gasteiger partial charge in [-0.2, -0.15) is 0 Å². The Kier molecular flexibility index (Phi) is 29.4. The quantitative estimate of drug-likeness (QED) is 0.550. The third-order valence-corrected chi connectivity index (χ3v) is 0.866. The molecular formula is C9H15O6P. The normalized spacial score (nSPS) is 6.94. The van der Waals surface area contributed by atoms with E-state index in [9.17, 15) is 29.7 Å². The van der Waals surface area contributed by atoms with Crippen molar-refractivity contribution in [1.29, 1.82) is 0 Å². The predicted molar refractivity (Wildman–Crippen MR) is 52.8 cm³/mol. The molecule has 0 amide bonds. The van der Waals surface area contributed by atoms with Gasteiger partial charge in [-0.05, 0) is 19.3 Å². The number of hydrogen-bond donors (Lipinski definition) is 0. The van der Waals surface area contributed by atoms with Crippen LogP contribution in [-0.2, 0) is 14.4 Å². The molecule has 0 rings (SSSR count). The van der Waals surface area contributed by atoms with E-state index in [4.69, 9.17) is 0 Å². The van der Waals surface area contributed by atoms with E-state index < -0.39 is 17.9 Å². The first-order valence-corrected chi connectivity index (χ1v) is 4.41. The van der Waals surface area contributed by atoms with Gasteiger partial charge in [0.05, 0.1) is 0 Å². The van der Waals surface area contributed by atoms with Gasteiger partial charge in [0.25, 0.3) is 0 Å². The largest absolute Gasteiger partial charge is 3.00 e. The molecule has 6 nitrogen and oxygen atoms in total. The van der Waals surface area contributed by atoms with Crippen LogP contribution in [0.3, 0.4) is 0 Å². The average Bonchev–Trinajstić information content (AvgIpc) is 2.19. The first-order chi connectivity index (χ1) is 6.81. The Hall–Kier alpha value is -1.16. The van der Waals surface area contributed by atoms with Gasteiger partial charge >= 0.3 is 9.90 Å². The van der Waals surface area contributed by atoms with Crippen molar-refractivity contribution in [2.45, 2.75) is 40.0 Å². The molecule has 7 heteroatoms. The fourth-order valence-corrected chi connectivity index (χ4v) is 0. The molecule has 0 aliphatic heterocycles. The first kappa shape index (κ1) is 24.2. The summed E-state index contributed by atoms with van der Waals surface area (Å²) < 4.78 is 0. The Morgan fingerprint density at radius 1 is 0.688 bits per heavy atom. The van der Waals surface area contributed by atoms with Crippen LogP contribution >= 0.6 is 9.90 Å². The molecule has 2 radical (unpaired) electrons. The first-order valence-electron chi connectivity index (χ1n) is 4.41. The van der Waals surface area contributed by atoms with Crippen molar-refractivity contribution in [3.05, 3.63) is 0 Å². The standard InChI is InChI=1S/3C3H6O2.P/c3*1-2-3(4)5;/h3*2H2,1H3,(H,4,5);/q;;;+3/p-3. The molecule has 0 aromatic heterocycles. The van der Waals surface area contributed by atoms with Crippen molar-refractivity contribution >= 4 is 27.8 Å². The van der Waals surface area contributed by atoms with Crippen molar-refractivity contribution in [2.24, 2.45) is 0 Å². The summed E-state index contributed by atoms with van der Waals surface area (Å²) in [5.74, 6) is -2.99. The summed E-state index contributed by atoms with van der Waals surface area (Å²) in [6.07, 6.45) is 0.333. The van der Waals surface area contributed by atoms with E-state index in [2.05, 4.69) is 0 Å². The Balaban J connectivity index is -0.0000000655. The van der Waals surface area contributed by atoms with Gasteiger partial charge in [0.15, 0.2) is 0 Å². The third-order valence-electron chi connectivity index (χ3n) is 0.866. The minimum atomic E-state index is -0.995. The fraction of sp³-hybridized carbons (Fsp3) is 0.667. The summed E-state index contributed by atoms with van der Waals surface area (Å²) in [7, 11) is 0. The second-order valence-corrected chi connectivity index (χ2v) is 2.18. The van der Waals surface area contributed by atoms with Crippen LogP contribution in [0.2, 0.25) is 0 Å². The van der Waals surface area contributed by atoms with E-state index in [0.717, 1.165) is 0 Å². The Morgan fingerprint density at radius 3 is 0.750 bits per heavy atom. The summed E-state index contributed by atoms with van der Waals surface area (Å²) in [5, 5.41) is 27.8. The van der Waals surface area contributed by atoms with Crippen LogP contribution in [0.5, 0.6) is 0 Å². The molecule has 0 heterocycles. The SMILES string of the molecule is CCC(=O)[O-].CCC(=O)[O-].CCC(=O)[O-].[P+3]. The van der Waals surface area contributed by atoms with Crippen LogP contribution in [0, 0.1) is 0 Å². The van der Waals surface area contributed by atoms with Gasteiger partial charge in [0.1, 0.15) is 0 Å². The summed E-state index contributed by atoms with van der Waals surface area (Å²) in [6, 6.07) is 0. The molecule has 0 fully saturated rings. The molecule has 0 saturated carbocycles. The van der Waals surface area contributed by atoms with Gasteiger partial charge in [0, 0.05) is 17.9 Å². The zero-order chi connectivity index (χ0) is 12.9. The van der Waals surface area contributed by atoms with E-state index in [-0.39, 0.29) is 29.2 Å². The van der Waals surface area contributed by atoms with Gasteiger partial charge in [-0.25, -0.2) is 0 Å². The number of carbonyl (C=O) groups excluding carboxylic acids is 3. The van der Waals surface area contributed by atoms with Gasteiger partial charge in [0.2, 0.25) is 0 Å². The van der Waals surface area contributed by atoms with Crippen LogP contribution in [-0.4, -0.2) is 17.9 Å². The van der Waals surface area contributed by atoms with Crippen molar-refractivity contribution in [3.8, 4) is 0 Å². The molecule has 92 valence electrons. The van der Waals surface area contributed by atoms with Crippen molar-refractivity contribution in [1.82, 2.24) is 0 Å². The molecule has 0 unspecified atom stereocenters. The van der Waals surface area contributed by atoms with E-state index in [1.165, 1.54) is 20.8 Å². The molecule has 0 aliphatic rings. The van der Waals surface area contributed by atoms with Crippen LogP contribution in [0.25, 0.3) is 0 Å². The van der Waals surface area contributed by atoms with E-state index in [0.29, 0.717) is 0 Å². The molecule has 0 aromatic carbocycles. The maximum atomic E-state index is 9.26. The number of carbonyl (C=O) groups is 3. The molecule has 0 N–H and O–H groups in total. The smallest absolute Gasteiger partial charge is 0.550 e. The summed E-state index contributed by atoms with van der Waals surface area (Å²) in [6.45, 7) is 4.61. The number of rotatable bonds is 3. The van der Waals surface area contributed by atoms with Gasteiger partial charge in [-0.3, -0.25) is 0 Å². The molecule has 0 saturated heterocycles. The number of hydrogen-bond acceptors (Lipinski definition) is 6. The molecule has 0 atom stereocenters. The maximum Gasteiger partial charge on any atom is 3.00 e.